The molecule has 1 aliphatic rings. The normalized spacial score (nSPS) is 16.6. The quantitative estimate of drug-likeness (QED) is 0.828. The minimum Gasteiger partial charge on any atom is -0.442 e. The summed E-state index contributed by atoms with van der Waals surface area (Å²) in [5.41, 5.74) is 7.55. The predicted octanol–water partition coefficient (Wildman–Crippen LogP) is 3.18. The molecule has 3 N–H and O–H groups in total. The summed E-state index contributed by atoms with van der Waals surface area (Å²) in [6, 6.07) is 17.1. The van der Waals surface area contributed by atoms with E-state index in [4.69, 9.17) is 10.5 Å². The van der Waals surface area contributed by atoms with Gasteiger partial charge in [0, 0.05) is 22.5 Å². The third-order valence-electron chi connectivity index (χ3n) is 3.99. The number of nitriles is 1. The Labute approximate surface area is 154 Å². The highest BCUT2D eigenvalue weighted by Crippen LogP contribution is 2.39. The summed E-state index contributed by atoms with van der Waals surface area (Å²) in [6.45, 7) is 0.367. The number of carbonyl (C=O) groups excluding carboxylic acids is 1. The van der Waals surface area contributed by atoms with Crippen LogP contribution in [0.4, 0.5) is 0 Å². The molecule has 0 fully saturated rings. The number of allylic oxidation sites excluding steroid dienone is 1. The smallest absolute Gasteiger partial charge is 0.238 e. The second-order valence-corrected chi connectivity index (χ2v) is 6.60. The first-order valence-corrected chi connectivity index (χ1v) is 8.53. The molecule has 0 spiro atoms. The second kappa shape index (κ2) is 7.41. The van der Waals surface area contributed by atoms with Gasteiger partial charge in [-0.1, -0.05) is 46.3 Å². The average molecular weight is 398 g/mol. The lowest BCUT2D eigenvalue weighted by molar-refractivity contribution is -0.123. The van der Waals surface area contributed by atoms with Crippen LogP contribution >= 0.6 is 15.9 Å². The number of amides is 1. The Hall–Kier alpha value is -2.78. The van der Waals surface area contributed by atoms with Gasteiger partial charge in [-0.2, -0.15) is 5.26 Å². The van der Waals surface area contributed by atoms with E-state index in [1.54, 1.807) is 12.1 Å². The molecule has 2 atom stereocenters. The van der Waals surface area contributed by atoms with E-state index < -0.39 is 11.8 Å². The van der Waals surface area contributed by atoms with Crippen LogP contribution in [-0.4, -0.2) is 5.91 Å². The maximum Gasteiger partial charge on any atom is 0.238 e. The molecule has 0 aromatic heterocycles. The highest BCUT2D eigenvalue weighted by Gasteiger charge is 2.33. The lowest BCUT2D eigenvalue weighted by Gasteiger charge is -2.26. The lowest BCUT2D eigenvalue weighted by atomic mass is 9.84. The van der Waals surface area contributed by atoms with Crippen molar-refractivity contribution in [3.63, 3.8) is 0 Å². The standard InChI is InChI=1S/C19H16BrN3O2/c20-13-6-7-17-15(8-13)14(9-18(22)25-17)16(10-21)19(24)23-11-12-4-2-1-3-5-12/h1-9,14,16H,11,22H2,(H,23,24). The Morgan fingerprint density at radius 3 is 2.80 bits per heavy atom. The van der Waals surface area contributed by atoms with Crippen LogP contribution in [0.3, 0.4) is 0 Å². The summed E-state index contributed by atoms with van der Waals surface area (Å²) in [5, 5.41) is 12.4. The van der Waals surface area contributed by atoms with Gasteiger partial charge in [0.05, 0.1) is 6.07 Å². The molecule has 126 valence electrons. The Bertz CT molecular complexity index is 859. The number of fused-ring (bicyclic) bond motifs is 1. The van der Waals surface area contributed by atoms with E-state index >= 15 is 0 Å². The van der Waals surface area contributed by atoms with Crippen molar-refractivity contribution in [3.8, 4) is 11.8 Å². The maximum absolute atomic E-state index is 12.6. The SMILES string of the molecule is N#CC(C(=O)NCc1ccccc1)C1C=C(N)Oc2ccc(Br)cc21. The van der Waals surface area contributed by atoms with E-state index in [2.05, 4.69) is 27.3 Å². The maximum atomic E-state index is 12.6. The van der Waals surface area contributed by atoms with Crippen molar-refractivity contribution in [2.75, 3.05) is 0 Å². The molecule has 0 bridgehead atoms. The Morgan fingerprint density at radius 2 is 2.08 bits per heavy atom. The van der Waals surface area contributed by atoms with Crippen LogP contribution in [0.1, 0.15) is 17.0 Å². The fourth-order valence-corrected chi connectivity index (χ4v) is 3.15. The Kier molecular flexibility index (Phi) is 5.05. The van der Waals surface area contributed by atoms with Crippen molar-refractivity contribution in [1.82, 2.24) is 5.32 Å². The van der Waals surface area contributed by atoms with Gasteiger partial charge in [-0.3, -0.25) is 4.79 Å². The first kappa shape index (κ1) is 17.1. The number of carbonyl (C=O) groups is 1. The number of ether oxygens (including phenoxy) is 1. The van der Waals surface area contributed by atoms with Crippen molar-refractivity contribution < 1.29 is 9.53 Å². The molecule has 1 aliphatic heterocycles. The summed E-state index contributed by atoms with van der Waals surface area (Å²) in [4.78, 5) is 12.6. The van der Waals surface area contributed by atoms with Crippen LogP contribution in [0, 0.1) is 17.2 Å². The van der Waals surface area contributed by atoms with Crippen LogP contribution in [0.15, 0.2) is 65.0 Å². The highest BCUT2D eigenvalue weighted by molar-refractivity contribution is 9.10. The molecule has 0 radical (unpaired) electrons. The first-order chi connectivity index (χ1) is 12.1. The fourth-order valence-electron chi connectivity index (χ4n) is 2.77. The van der Waals surface area contributed by atoms with Gasteiger partial charge in [-0.15, -0.1) is 0 Å². The van der Waals surface area contributed by atoms with Crippen LogP contribution < -0.4 is 15.8 Å². The van der Waals surface area contributed by atoms with E-state index in [-0.39, 0.29) is 11.8 Å². The summed E-state index contributed by atoms with van der Waals surface area (Å²) >= 11 is 3.41. The molecule has 0 aliphatic carbocycles. The zero-order chi connectivity index (χ0) is 17.8. The average Bonchev–Trinajstić information content (AvgIpc) is 2.62. The van der Waals surface area contributed by atoms with Crippen LogP contribution in [0.5, 0.6) is 5.75 Å². The molecular formula is C19H16BrN3O2. The van der Waals surface area contributed by atoms with Gasteiger partial charge in [0.1, 0.15) is 11.7 Å². The minimum atomic E-state index is -0.904. The molecule has 1 amide bonds. The largest absolute Gasteiger partial charge is 0.442 e. The van der Waals surface area contributed by atoms with E-state index in [1.807, 2.05) is 42.5 Å². The summed E-state index contributed by atoms with van der Waals surface area (Å²) in [7, 11) is 0. The summed E-state index contributed by atoms with van der Waals surface area (Å²) < 4.78 is 6.34. The third-order valence-corrected chi connectivity index (χ3v) is 4.49. The molecule has 0 saturated heterocycles. The molecule has 1 heterocycles. The molecule has 2 aromatic carbocycles. The van der Waals surface area contributed by atoms with Crippen molar-refractivity contribution in [2.24, 2.45) is 11.7 Å². The van der Waals surface area contributed by atoms with Crippen molar-refractivity contribution in [1.29, 1.82) is 5.26 Å². The zero-order valence-corrected chi connectivity index (χ0v) is 14.9. The predicted molar refractivity (Wildman–Crippen MR) is 97.2 cm³/mol. The van der Waals surface area contributed by atoms with Gasteiger partial charge in [-0.25, -0.2) is 0 Å². The summed E-state index contributed by atoms with van der Waals surface area (Å²) in [5.74, 6) is -0.963. The van der Waals surface area contributed by atoms with Crippen molar-refractivity contribution in [3.05, 3.63) is 76.1 Å². The summed E-state index contributed by atoms with van der Waals surface area (Å²) in [6.07, 6.45) is 1.62. The van der Waals surface area contributed by atoms with Gasteiger partial charge in [-0.05, 0) is 29.8 Å². The van der Waals surface area contributed by atoms with E-state index in [0.717, 1.165) is 15.6 Å². The monoisotopic (exact) mass is 397 g/mol. The fraction of sp³-hybridized carbons (Fsp3) is 0.158. The molecule has 2 unspecified atom stereocenters. The first-order valence-electron chi connectivity index (χ1n) is 7.74. The molecule has 2 aromatic rings. The van der Waals surface area contributed by atoms with Crippen molar-refractivity contribution in [2.45, 2.75) is 12.5 Å². The van der Waals surface area contributed by atoms with Gasteiger partial charge in [0.2, 0.25) is 5.91 Å². The van der Waals surface area contributed by atoms with E-state index in [9.17, 15) is 10.1 Å². The van der Waals surface area contributed by atoms with E-state index in [1.165, 1.54) is 0 Å². The number of hydrogen-bond acceptors (Lipinski definition) is 4. The van der Waals surface area contributed by atoms with Gasteiger partial charge in [0.25, 0.3) is 0 Å². The van der Waals surface area contributed by atoms with Crippen LogP contribution in [-0.2, 0) is 11.3 Å². The van der Waals surface area contributed by atoms with Crippen molar-refractivity contribution >= 4 is 21.8 Å². The van der Waals surface area contributed by atoms with Gasteiger partial charge < -0.3 is 15.8 Å². The number of nitrogens with two attached hydrogens (primary N) is 1. The molecular weight excluding hydrogens is 382 g/mol. The number of benzene rings is 2. The molecule has 3 rings (SSSR count). The van der Waals surface area contributed by atoms with Gasteiger partial charge in [0.15, 0.2) is 5.88 Å². The highest BCUT2D eigenvalue weighted by atomic mass is 79.9. The Balaban J connectivity index is 1.82. The third kappa shape index (κ3) is 3.83. The van der Waals surface area contributed by atoms with Crippen LogP contribution in [0.2, 0.25) is 0 Å². The zero-order valence-electron chi connectivity index (χ0n) is 13.3. The minimum absolute atomic E-state index is 0.191. The molecule has 25 heavy (non-hydrogen) atoms. The van der Waals surface area contributed by atoms with Crippen LogP contribution in [0.25, 0.3) is 0 Å². The lowest BCUT2D eigenvalue weighted by Crippen LogP contribution is -2.34. The number of hydrogen-bond donors (Lipinski definition) is 2. The number of nitrogens with zero attached hydrogens (tertiary/aromatic N) is 1. The van der Waals surface area contributed by atoms with Gasteiger partial charge >= 0.3 is 0 Å². The number of halogens is 1. The molecule has 5 nitrogen and oxygen atoms in total. The number of rotatable bonds is 4. The second-order valence-electron chi connectivity index (χ2n) is 5.69. The molecule has 6 heteroatoms. The number of nitrogens with one attached hydrogen (secondary N) is 1. The van der Waals surface area contributed by atoms with E-state index in [0.29, 0.717) is 12.3 Å². The topological polar surface area (TPSA) is 88.1 Å². The molecule has 0 saturated carbocycles. The Morgan fingerprint density at radius 1 is 1.32 bits per heavy atom.